The standard InChI is InChI=1S/C10H14O2/c1-7(11)9-5-8(6-12-9)10(2,3)4/h5-6H,1-4H3. The molecule has 0 fully saturated rings. The first-order valence-corrected chi connectivity index (χ1v) is 4.01. The van der Waals surface area contributed by atoms with Crippen LogP contribution in [0.15, 0.2) is 16.7 Å². The van der Waals surface area contributed by atoms with Crippen LogP contribution in [-0.2, 0) is 5.41 Å². The summed E-state index contributed by atoms with van der Waals surface area (Å²) in [7, 11) is 0. The van der Waals surface area contributed by atoms with Gasteiger partial charge < -0.3 is 4.42 Å². The van der Waals surface area contributed by atoms with Gasteiger partial charge in [-0.2, -0.15) is 0 Å². The molecule has 66 valence electrons. The second-order valence-corrected chi connectivity index (χ2v) is 4.01. The summed E-state index contributed by atoms with van der Waals surface area (Å²) in [6.45, 7) is 7.76. The number of hydrogen-bond acceptors (Lipinski definition) is 2. The van der Waals surface area contributed by atoms with E-state index in [4.69, 9.17) is 4.42 Å². The van der Waals surface area contributed by atoms with Gasteiger partial charge in [-0.05, 0) is 17.0 Å². The van der Waals surface area contributed by atoms with E-state index in [0.29, 0.717) is 5.76 Å². The Morgan fingerprint density at radius 2 is 2.00 bits per heavy atom. The van der Waals surface area contributed by atoms with Crippen molar-refractivity contribution in [1.29, 1.82) is 0 Å². The van der Waals surface area contributed by atoms with E-state index in [0.717, 1.165) is 5.56 Å². The molecule has 1 heterocycles. The molecule has 0 aliphatic rings. The molecule has 0 aliphatic heterocycles. The lowest BCUT2D eigenvalue weighted by Crippen LogP contribution is -2.09. The van der Waals surface area contributed by atoms with Crippen molar-refractivity contribution in [2.75, 3.05) is 0 Å². The van der Waals surface area contributed by atoms with Crippen LogP contribution in [0.2, 0.25) is 0 Å². The molecule has 0 saturated heterocycles. The fourth-order valence-electron chi connectivity index (χ4n) is 0.914. The first kappa shape index (κ1) is 9.04. The molecule has 1 aromatic heterocycles. The van der Waals surface area contributed by atoms with Gasteiger partial charge in [0.2, 0.25) is 0 Å². The Morgan fingerprint density at radius 3 is 2.25 bits per heavy atom. The van der Waals surface area contributed by atoms with E-state index >= 15 is 0 Å². The van der Waals surface area contributed by atoms with Gasteiger partial charge in [-0.3, -0.25) is 4.79 Å². The highest BCUT2D eigenvalue weighted by atomic mass is 16.3. The maximum atomic E-state index is 10.9. The Morgan fingerprint density at radius 1 is 1.42 bits per heavy atom. The Labute approximate surface area is 72.6 Å². The van der Waals surface area contributed by atoms with Crippen LogP contribution in [0, 0.1) is 0 Å². The molecule has 0 unspecified atom stereocenters. The lowest BCUT2D eigenvalue weighted by molar-refractivity contribution is 0.0987. The van der Waals surface area contributed by atoms with Crippen LogP contribution in [-0.4, -0.2) is 5.78 Å². The largest absolute Gasteiger partial charge is 0.461 e. The van der Waals surface area contributed by atoms with Gasteiger partial charge in [0.05, 0.1) is 6.26 Å². The highest BCUT2D eigenvalue weighted by molar-refractivity contribution is 5.91. The van der Waals surface area contributed by atoms with E-state index in [2.05, 4.69) is 20.8 Å². The molecule has 12 heavy (non-hydrogen) atoms. The van der Waals surface area contributed by atoms with Crippen LogP contribution in [0.1, 0.15) is 43.8 Å². The number of hydrogen-bond donors (Lipinski definition) is 0. The topological polar surface area (TPSA) is 30.2 Å². The van der Waals surface area contributed by atoms with Gasteiger partial charge in [-0.25, -0.2) is 0 Å². The summed E-state index contributed by atoms with van der Waals surface area (Å²) in [6, 6.07) is 1.81. The van der Waals surface area contributed by atoms with Crippen molar-refractivity contribution in [1.82, 2.24) is 0 Å². The fraction of sp³-hybridized carbons (Fsp3) is 0.500. The van der Waals surface area contributed by atoms with Gasteiger partial charge in [0.15, 0.2) is 11.5 Å². The van der Waals surface area contributed by atoms with E-state index in [1.54, 1.807) is 6.26 Å². The van der Waals surface area contributed by atoms with Crippen LogP contribution in [0.4, 0.5) is 0 Å². The molecule has 0 aliphatic carbocycles. The molecule has 0 amide bonds. The normalized spacial score (nSPS) is 11.7. The molecule has 0 saturated carbocycles. The second kappa shape index (κ2) is 2.77. The quantitative estimate of drug-likeness (QED) is 0.600. The zero-order valence-corrected chi connectivity index (χ0v) is 7.97. The number of carbonyl (C=O) groups excluding carboxylic acids is 1. The molecule has 0 aromatic carbocycles. The number of Topliss-reactive ketones (excluding diaryl/α,β-unsaturated/α-hetero) is 1. The van der Waals surface area contributed by atoms with Gasteiger partial charge in [-0.15, -0.1) is 0 Å². The minimum absolute atomic E-state index is 0.0227. The van der Waals surface area contributed by atoms with Crippen molar-refractivity contribution in [2.45, 2.75) is 33.1 Å². The van der Waals surface area contributed by atoms with Gasteiger partial charge >= 0.3 is 0 Å². The Kier molecular flexibility index (Phi) is 2.09. The van der Waals surface area contributed by atoms with Crippen molar-refractivity contribution in [3.63, 3.8) is 0 Å². The Balaban J connectivity index is 3.00. The van der Waals surface area contributed by atoms with Gasteiger partial charge in [0.1, 0.15) is 0 Å². The fourth-order valence-corrected chi connectivity index (χ4v) is 0.914. The van der Waals surface area contributed by atoms with Crippen molar-refractivity contribution < 1.29 is 9.21 Å². The van der Waals surface area contributed by atoms with E-state index in [9.17, 15) is 4.79 Å². The average Bonchev–Trinajstić information content (AvgIpc) is 2.30. The monoisotopic (exact) mass is 166 g/mol. The summed E-state index contributed by atoms with van der Waals surface area (Å²) >= 11 is 0. The number of carbonyl (C=O) groups is 1. The average molecular weight is 166 g/mol. The molecule has 0 atom stereocenters. The van der Waals surface area contributed by atoms with Crippen LogP contribution in [0.3, 0.4) is 0 Å². The third-order valence-electron chi connectivity index (χ3n) is 1.81. The smallest absolute Gasteiger partial charge is 0.194 e. The SMILES string of the molecule is CC(=O)c1cc(C(C)(C)C)co1. The second-order valence-electron chi connectivity index (χ2n) is 4.01. The summed E-state index contributed by atoms with van der Waals surface area (Å²) in [5.74, 6) is 0.422. The molecule has 0 spiro atoms. The van der Waals surface area contributed by atoms with E-state index in [-0.39, 0.29) is 11.2 Å². The Hall–Kier alpha value is -1.05. The highest BCUT2D eigenvalue weighted by Crippen LogP contribution is 2.24. The van der Waals surface area contributed by atoms with Crippen LogP contribution in [0.25, 0.3) is 0 Å². The summed E-state index contributed by atoms with van der Waals surface area (Å²) in [5.41, 5.74) is 1.12. The number of ketones is 1. The van der Waals surface area contributed by atoms with E-state index in [1.807, 2.05) is 6.07 Å². The first-order chi connectivity index (χ1) is 5.41. The summed E-state index contributed by atoms with van der Waals surface area (Å²) in [5, 5.41) is 0. The zero-order chi connectivity index (χ0) is 9.35. The van der Waals surface area contributed by atoms with Crippen molar-refractivity contribution >= 4 is 5.78 Å². The van der Waals surface area contributed by atoms with Crippen LogP contribution < -0.4 is 0 Å². The third kappa shape index (κ3) is 1.76. The van der Waals surface area contributed by atoms with E-state index in [1.165, 1.54) is 6.92 Å². The van der Waals surface area contributed by atoms with Crippen molar-refractivity contribution in [3.8, 4) is 0 Å². The zero-order valence-electron chi connectivity index (χ0n) is 7.97. The minimum Gasteiger partial charge on any atom is -0.461 e. The first-order valence-electron chi connectivity index (χ1n) is 4.01. The molecule has 0 bridgehead atoms. The highest BCUT2D eigenvalue weighted by Gasteiger charge is 2.17. The summed E-state index contributed by atoms with van der Waals surface area (Å²) in [6.07, 6.45) is 1.65. The van der Waals surface area contributed by atoms with Gasteiger partial charge in [0, 0.05) is 6.92 Å². The molecule has 2 heteroatoms. The number of rotatable bonds is 1. The molecule has 0 N–H and O–H groups in total. The number of furan rings is 1. The predicted octanol–water partition coefficient (Wildman–Crippen LogP) is 2.78. The third-order valence-corrected chi connectivity index (χ3v) is 1.81. The van der Waals surface area contributed by atoms with E-state index < -0.39 is 0 Å². The maximum Gasteiger partial charge on any atom is 0.194 e. The predicted molar refractivity (Wildman–Crippen MR) is 47.4 cm³/mol. The van der Waals surface area contributed by atoms with Crippen molar-refractivity contribution in [2.24, 2.45) is 0 Å². The molecule has 2 nitrogen and oxygen atoms in total. The van der Waals surface area contributed by atoms with Gasteiger partial charge in [-0.1, -0.05) is 20.8 Å². The lowest BCUT2D eigenvalue weighted by atomic mass is 9.89. The molecular formula is C10H14O2. The molecule has 0 radical (unpaired) electrons. The molecule has 1 rings (SSSR count). The van der Waals surface area contributed by atoms with Gasteiger partial charge in [0.25, 0.3) is 0 Å². The lowest BCUT2D eigenvalue weighted by Gasteiger charge is -2.14. The maximum absolute atomic E-state index is 10.9. The summed E-state index contributed by atoms with van der Waals surface area (Å²) in [4.78, 5) is 10.9. The van der Waals surface area contributed by atoms with Crippen molar-refractivity contribution in [3.05, 3.63) is 23.7 Å². The molecule has 1 aromatic rings. The molecular weight excluding hydrogens is 152 g/mol. The Bertz CT molecular complexity index is 289. The minimum atomic E-state index is -0.0227. The van der Waals surface area contributed by atoms with Crippen LogP contribution in [0.5, 0.6) is 0 Å². The van der Waals surface area contributed by atoms with Crippen LogP contribution >= 0.6 is 0 Å². The summed E-state index contributed by atoms with van der Waals surface area (Å²) < 4.78 is 5.10.